The molecule has 0 amide bonds. The largest absolute Gasteiger partial charge is 0.504 e. The Hall–Kier alpha value is -1.42. The number of hydrogen-bond donors (Lipinski definition) is 2. The maximum absolute atomic E-state index is 10.2. The minimum absolute atomic E-state index is 0.111. The number of fused-ring (bicyclic) bond motifs is 1. The van der Waals surface area contributed by atoms with E-state index in [0.717, 1.165) is 30.4 Å². The second kappa shape index (κ2) is 4.84. The van der Waals surface area contributed by atoms with E-state index in [-0.39, 0.29) is 11.8 Å². The van der Waals surface area contributed by atoms with Crippen LogP contribution < -0.4 is 15.2 Å². The Labute approximate surface area is 101 Å². The fraction of sp³-hybridized carbons (Fsp3) is 0.538. The third-order valence-corrected chi connectivity index (χ3v) is 3.33. The van der Waals surface area contributed by atoms with Gasteiger partial charge in [-0.1, -0.05) is 0 Å². The van der Waals surface area contributed by atoms with Gasteiger partial charge < -0.3 is 20.3 Å². The zero-order chi connectivity index (χ0) is 12.4. The molecule has 0 spiro atoms. The van der Waals surface area contributed by atoms with Gasteiger partial charge in [-0.25, -0.2) is 0 Å². The summed E-state index contributed by atoms with van der Waals surface area (Å²) >= 11 is 0. The molecule has 0 heterocycles. The van der Waals surface area contributed by atoms with Crippen molar-refractivity contribution in [3.63, 3.8) is 0 Å². The molecule has 17 heavy (non-hydrogen) atoms. The molecule has 1 aliphatic rings. The van der Waals surface area contributed by atoms with Crippen LogP contribution in [0, 0.1) is 0 Å². The average Bonchev–Trinajstić information content (AvgIpc) is 2.50. The highest BCUT2D eigenvalue weighted by Gasteiger charge is 2.22. The van der Waals surface area contributed by atoms with Crippen LogP contribution in [0.15, 0.2) is 6.07 Å². The minimum atomic E-state index is 0.111. The van der Waals surface area contributed by atoms with Crippen LogP contribution >= 0.6 is 0 Å². The lowest BCUT2D eigenvalue weighted by Crippen LogP contribution is -2.21. The molecule has 0 aromatic heterocycles. The van der Waals surface area contributed by atoms with Gasteiger partial charge in [0.15, 0.2) is 11.5 Å². The second-order valence-electron chi connectivity index (χ2n) is 4.45. The third-order valence-electron chi connectivity index (χ3n) is 3.33. The van der Waals surface area contributed by atoms with Gasteiger partial charge >= 0.3 is 0 Å². The highest BCUT2D eigenvalue weighted by Crippen LogP contribution is 2.42. The normalized spacial score (nSPS) is 19.4. The number of phenols is 1. The van der Waals surface area contributed by atoms with Gasteiger partial charge in [0.2, 0.25) is 5.75 Å². The molecule has 2 rings (SSSR count). The van der Waals surface area contributed by atoms with Crippen LogP contribution in [0.4, 0.5) is 0 Å². The Morgan fingerprint density at radius 2 is 2.12 bits per heavy atom. The van der Waals surface area contributed by atoms with Crippen LogP contribution in [-0.4, -0.2) is 25.4 Å². The number of ether oxygens (including phenoxy) is 2. The predicted molar refractivity (Wildman–Crippen MR) is 65.8 cm³/mol. The first-order chi connectivity index (χ1) is 8.17. The van der Waals surface area contributed by atoms with Crippen LogP contribution in [0.25, 0.3) is 0 Å². The Balaban J connectivity index is 2.54. The highest BCUT2D eigenvalue weighted by molar-refractivity contribution is 5.58. The van der Waals surface area contributed by atoms with E-state index < -0.39 is 0 Å². The topological polar surface area (TPSA) is 64.7 Å². The molecule has 94 valence electrons. The molecule has 0 unspecified atom stereocenters. The van der Waals surface area contributed by atoms with Gasteiger partial charge in [-0.3, -0.25) is 0 Å². The van der Waals surface area contributed by atoms with Crippen molar-refractivity contribution in [2.45, 2.75) is 31.7 Å². The van der Waals surface area contributed by atoms with E-state index in [9.17, 15) is 5.11 Å². The number of benzene rings is 1. The summed E-state index contributed by atoms with van der Waals surface area (Å²) in [7, 11) is 3.10. The zero-order valence-corrected chi connectivity index (χ0v) is 10.3. The molecule has 4 heteroatoms. The molecule has 1 atom stereocenters. The summed E-state index contributed by atoms with van der Waals surface area (Å²) in [6.07, 6.45) is 3.65. The van der Waals surface area contributed by atoms with Gasteiger partial charge in [0, 0.05) is 11.6 Å². The van der Waals surface area contributed by atoms with Gasteiger partial charge in [-0.05, 0) is 37.3 Å². The van der Waals surface area contributed by atoms with Gasteiger partial charge in [0.25, 0.3) is 0 Å². The van der Waals surface area contributed by atoms with E-state index in [1.165, 1.54) is 7.11 Å². The maximum atomic E-state index is 10.2. The van der Waals surface area contributed by atoms with E-state index in [1.54, 1.807) is 7.11 Å². The molecule has 3 N–H and O–H groups in total. The molecule has 4 nitrogen and oxygen atoms in total. The molecule has 1 aromatic rings. The van der Waals surface area contributed by atoms with Crippen molar-refractivity contribution in [3.05, 3.63) is 17.2 Å². The van der Waals surface area contributed by atoms with Crippen molar-refractivity contribution < 1.29 is 14.6 Å². The summed E-state index contributed by atoms with van der Waals surface area (Å²) < 4.78 is 10.4. The van der Waals surface area contributed by atoms with Crippen molar-refractivity contribution in [2.24, 2.45) is 5.73 Å². The lowest BCUT2D eigenvalue weighted by molar-refractivity contribution is 0.330. The molecule has 0 fully saturated rings. The number of aromatic hydroxyl groups is 1. The quantitative estimate of drug-likeness (QED) is 0.767. The summed E-state index contributed by atoms with van der Waals surface area (Å²) in [6, 6.07) is 2.06. The molecular formula is C13H19NO3. The number of methoxy groups -OCH3 is 2. The summed E-state index contributed by atoms with van der Waals surface area (Å²) in [6.45, 7) is 0. The minimum Gasteiger partial charge on any atom is -0.504 e. The lowest BCUT2D eigenvalue weighted by atomic mass is 9.99. The van der Waals surface area contributed by atoms with Crippen LogP contribution in [0.2, 0.25) is 0 Å². The van der Waals surface area contributed by atoms with Crippen LogP contribution in [0.3, 0.4) is 0 Å². The van der Waals surface area contributed by atoms with Crippen LogP contribution in [0.5, 0.6) is 17.2 Å². The second-order valence-corrected chi connectivity index (χ2v) is 4.45. The summed E-state index contributed by atoms with van der Waals surface area (Å²) in [5, 5.41) is 10.2. The predicted octanol–water partition coefficient (Wildman–Crippen LogP) is 1.62. The number of rotatable bonds is 2. The maximum Gasteiger partial charge on any atom is 0.203 e. The van der Waals surface area contributed by atoms with Crippen LogP contribution in [0.1, 0.15) is 24.0 Å². The van der Waals surface area contributed by atoms with E-state index in [4.69, 9.17) is 15.2 Å². The zero-order valence-electron chi connectivity index (χ0n) is 10.3. The molecule has 0 bridgehead atoms. The first kappa shape index (κ1) is 12.0. The fourth-order valence-corrected chi connectivity index (χ4v) is 2.44. The lowest BCUT2D eigenvalue weighted by Gasteiger charge is -2.16. The Bertz CT molecular complexity index is 418. The highest BCUT2D eigenvalue weighted by atomic mass is 16.5. The number of aryl methyl sites for hydroxylation is 1. The van der Waals surface area contributed by atoms with E-state index in [1.807, 2.05) is 6.07 Å². The van der Waals surface area contributed by atoms with E-state index in [0.29, 0.717) is 17.9 Å². The van der Waals surface area contributed by atoms with Gasteiger partial charge in [0.05, 0.1) is 14.2 Å². The number of phenolic OH excluding ortho intramolecular Hbond substituents is 1. The first-order valence-corrected chi connectivity index (χ1v) is 5.88. The summed E-state index contributed by atoms with van der Waals surface area (Å²) in [5.41, 5.74) is 8.03. The van der Waals surface area contributed by atoms with Crippen LogP contribution in [-0.2, 0) is 12.8 Å². The standard InChI is InChI=1S/C13H19NO3/c1-16-11-6-8-4-3-5-9(14)7-10(8)12(15)13(11)17-2/h6,9,15H,3-5,7,14H2,1-2H3/t9-/m0/s1. The molecular weight excluding hydrogens is 218 g/mol. The van der Waals surface area contributed by atoms with Gasteiger partial charge in [-0.15, -0.1) is 0 Å². The fourth-order valence-electron chi connectivity index (χ4n) is 2.44. The SMILES string of the molecule is COc1cc2c(c(O)c1OC)C[C@@H](N)CCC2. The Morgan fingerprint density at radius 3 is 2.76 bits per heavy atom. The number of hydrogen-bond acceptors (Lipinski definition) is 4. The molecule has 0 saturated carbocycles. The van der Waals surface area contributed by atoms with Crippen molar-refractivity contribution in [3.8, 4) is 17.2 Å². The molecule has 1 aliphatic carbocycles. The molecule has 1 aromatic carbocycles. The summed E-state index contributed by atoms with van der Waals surface area (Å²) in [4.78, 5) is 0. The first-order valence-electron chi connectivity index (χ1n) is 5.88. The van der Waals surface area contributed by atoms with E-state index >= 15 is 0 Å². The van der Waals surface area contributed by atoms with Gasteiger partial charge in [0.1, 0.15) is 0 Å². The molecule has 0 saturated heterocycles. The van der Waals surface area contributed by atoms with Crippen molar-refractivity contribution in [1.82, 2.24) is 0 Å². The van der Waals surface area contributed by atoms with Crippen molar-refractivity contribution in [1.29, 1.82) is 0 Å². The number of nitrogens with two attached hydrogens (primary N) is 1. The Kier molecular flexibility index (Phi) is 3.43. The molecule has 0 aliphatic heterocycles. The van der Waals surface area contributed by atoms with Crippen molar-refractivity contribution >= 4 is 0 Å². The Morgan fingerprint density at radius 1 is 1.35 bits per heavy atom. The third kappa shape index (κ3) is 2.17. The average molecular weight is 237 g/mol. The van der Waals surface area contributed by atoms with Crippen molar-refractivity contribution in [2.75, 3.05) is 14.2 Å². The monoisotopic (exact) mass is 237 g/mol. The smallest absolute Gasteiger partial charge is 0.203 e. The summed E-state index contributed by atoms with van der Waals surface area (Å²) in [5.74, 6) is 1.17. The molecule has 0 radical (unpaired) electrons. The van der Waals surface area contributed by atoms with E-state index in [2.05, 4.69) is 0 Å². The van der Waals surface area contributed by atoms with Gasteiger partial charge in [-0.2, -0.15) is 0 Å².